The first-order valence-electron chi connectivity index (χ1n) is 9.85. The van der Waals surface area contributed by atoms with Gasteiger partial charge in [0.25, 0.3) is 0 Å². The Balaban J connectivity index is 1.44. The van der Waals surface area contributed by atoms with Crippen molar-refractivity contribution in [2.45, 2.75) is 37.5 Å². The van der Waals surface area contributed by atoms with Gasteiger partial charge in [-0.05, 0) is 50.3 Å². The maximum atomic E-state index is 12.7. The van der Waals surface area contributed by atoms with Crippen LogP contribution in [-0.2, 0) is 21.2 Å². The second-order valence-corrected chi connectivity index (χ2v) is 9.31. The summed E-state index contributed by atoms with van der Waals surface area (Å²) in [6.45, 7) is 3.35. The van der Waals surface area contributed by atoms with Crippen LogP contribution in [0, 0.1) is 12.8 Å². The van der Waals surface area contributed by atoms with Crippen molar-refractivity contribution < 1.29 is 13.2 Å². The average Bonchev–Trinajstić information content (AvgIpc) is 2.72. The molecule has 3 rings (SSSR count). The molecule has 1 heterocycles. The fourth-order valence-electron chi connectivity index (χ4n) is 3.51. The van der Waals surface area contributed by atoms with E-state index in [0.717, 1.165) is 18.4 Å². The van der Waals surface area contributed by atoms with Gasteiger partial charge in [-0.1, -0.05) is 48.0 Å². The number of carbonyl (C=O) groups excluding carboxylic acids is 1. The lowest BCUT2D eigenvalue weighted by Gasteiger charge is -2.30. The van der Waals surface area contributed by atoms with Crippen LogP contribution in [0.3, 0.4) is 0 Å². The summed E-state index contributed by atoms with van der Waals surface area (Å²) in [4.78, 5) is 12.7. The van der Waals surface area contributed by atoms with Crippen molar-refractivity contribution in [3.63, 3.8) is 0 Å². The molecule has 2 aromatic carbocycles. The van der Waals surface area contributed by atoms with E-state index in [1.54, 1.807) is 12.1 Å². The highest BCUT2D eigenvalue weighted by molar-refractivity contribution is 7.89. The molecule has 28 heavy (non-hydrogen) atoms. The van der Waals surface area contributed by atoms with E-state index in [9.17, 15) is 13.2 Å². The molecule has 6 heteroatoms. The fraction of sp³-hybridized carbons (Fsp3) is 0.409. The second-order valence-electron chi connectivity index (χ2n) is 7.37. The summed E-state index contributed by atoms with van der Waals surface area (Å²) in [5, 5.41) is 3.01. The van der Waals surface area contributed by atoms with Gasteiger partial charge in [0.15, 0.2) is 0 Å². The summed E-state index contributed by atoms with van der Waals surface area (Å²) < 4.78 is 27.0. The normalized spacial score (nSPS) is 16.0. The summed E-state index contributed by atoms with van der Waals surface area (Å²) >= 11 is 0. The van der Waals surface area contributed by atoms with E-state index < -0.39 is 10.0 Å². The van der Waals surface area contributed by atoms with E-state index in [4.69, 9.17) is 0 Å². The van der Waals surface area contributed by atoms with Crippen LogP contribution in [0.15, 0.2) is 59.5 Å². The largest absolute Gasteiger partial charge is 0.356 e. The number of aryl methyl sites for hydroxylation is 2. The first kappa shape index (κ1) is 20.6. The maximum absolute atomic E-state index is 12.7. The van der Waals surface area contributed by atoms with Crippen molar-refractivity contribution in [2.75, 3.05) is 19.6 Å². The Morgan fingerprint density at radius 2 is 1.68 bits per heavy atom. The lowest BCUT2D eigenvalue weighted by molar-refractivity contribution is -0.126. The molecule has 1 amide bonds. The van der Waals surface area contributed by atoms with Gasteiger partial charge in [0.1, 0.15) is 0 Å². The lowest BCUT2D eigenvalue weighted by atomic mass is 9.97. The van der Waals surface area contributed by atoms with Gasteiger partial charge >= 0.3 is 0 Å². The number of hydrogen-bond acceptors (Lipinski definition) is 3. The topological polar surface area (TPSA) is 66.5 Å². The number of piperidine rings is 1. The molecule has 0 unspecified atom stereocenters. The molecule has 5 nitrogen and oxygen atoms in total. The SMILES string of the molecule is Cc1ccc(S(=O)(=O)N2CCC(C(=O)NCCCc3ccccc3)CC2)cc1. The number of hydrogen-bond donors (Lipinski definition) is 1. The quantitative estimate of drug-likeness (QED) is 0.726. The molecule has 0 aliphatic carbocycles. The lowest BCUT2D eigenvalue weighted by Crippen LogP contribution is -2.43. The minimum Gasteiger partial charge on any atom is -0.356 e. The predicted octanol–water partition coefficient (Wildman–Crippen LogP) is 3.14. The zero-order valence-electron chi connectivity index (χ0n) is 16.3. The molecule has 0 radical (unpaired) electrons. The number of rotatable bonds is 7. The zero-order valence-corrected chi connectivity index (χ0v) is 17.1. The van der Waals surface area contributed by atoms with E-state index in [1.165, 1.54) is 9.87 Å². The number of amides is 1. The maximum Gasteiger partial charge on any atom is 0.243 e. The molecule has 1 aliphatic heterocycles. The first-order valence-corrected chi connectivity index (χ1v) is 11.3. The molecule has 0 atom stereocenters. The van der Waals surface area contributed by atoms with E-state index in [1.807, 2.05) is 37.3 Å². The summed E-state index contributed by atoms with van der Waals surface area (Å²) in [5.41, 5.74) is 2.30. The van der Waals surface area contributed by atoms with E-state index >= 15 is 0 Å². The molecule has 0 saturated carbocycles. The molecule has 0 bridgehead atoms. The summed E-state index contributed by atoms with van der Waals surface area (Å²) in [6.07, 6.45) is 2.97. The van der Waals surface area contributed by atoms with Crippen molar-refractivity contribution in [1.82, 2.24) is 9.62 Å². The van der Waals surface area contributed by atoms with Crippen molar-refractivity contribution in [3.8, 4) is 0 Å². The van der Waals surface area contributed by atoms with Crippen molar-refractivity contribution in [1.29, 1.82) is 0 Å². The predicted molar refractivity (Wildman–Crippen MR) is 110 cm³/mol. The van der Waals surface area contributed by atoms with Crippen molar-refractivity contribution in [2.24, 2.45) is 5.92 Å². The third kappa shape index (κ3) is 5.20. The monoisotopic (exact) mass is 400 g/mol. The van der Waals surface area contributed by atoms with Gasteiger partial charge < -0.3 is 5.32 Å². The van der Waals surface area contributed by atoms with Crippen molar-refractivity contribution in [3.05, 3.63) is 65.7 Å². The number of benzene rings is 2. The Morgan fingerprint density at radius 1 is 1.04 bits per heavy atom. The summed E-state index contributed by atoms with van der Waals surface area (Å²) in [5.74, 6) is -0.0679. The molecule has 2 aromatic rings. The van der Waals surface area contributed by atoms with Crippen LogP contribution >= 0.6 is 0 Å². The molecule has 150 valence electrons. The molecular weight excluding hydrogens is 372 g/mol. The summed E-state index contributed by atoms with van der Waals surface area (Å²) in [7, 11) is -3.48. The van der Waals surface area contributed by atoms with Gasteiger partial charge in [0.2, 0.25) is 15.9 Å². The van der Waals surface area contributed by atoms with E-state index in [2.05, 4.69) is 17.4 Å². The Labute approximate surface area is 167 Å². The third-order valence-electron chi connectivity index (χ3n) is 5.27. The third-order valence-corrected chi connectivity index (χ3v) is 7.18. The highest BCUT2D eigenvalue weighted by Gasteiger charge is 2.31. The minimum atomic E-state index is -3.48. The Kier molecular flexibility index (Phi) is 6.86. The Hall–Kier alpha value is -2.18. The van der Waals surface area contributed by atoms with Crippen LogP contribution in [0.5, 0.6) is 0 Å². The van der Waals surface area contributed by atoms with Crippen LogP contribution in [0.4, 0.5) is 0 Å². The van der Waals surface area contributed by atoms with E-state index in [0.29, 0.717) is 37.4 Å². The van der Waals surface area contributed by atoms with Gasteiger partial charge in [-0.15, -0.1) is 0 Å². The average molecular weight is 401 g/mol. The molecule has 1 saturated heterocycles. The van der Waals surface area contributed by atoms with Gasteiger partial charge in [-0.25, -0.2) is 8.42 Å². The number of carbonyl (C=O) groups is 1. The van der Waals surface area contributed by atoms with Gasteiger partial charge in [0, 0.05) is 25.6 Å². The van der Waals surface area contributed by atoms with Crippen LogP contribution in [0.1, 0.15) is 30.4 Å². The molecule has 0 spiro atoms. The van der Waals surface area contributed by atoms with Crippen LogP contribution in [-0.4, -0.2) is 38.3 Å². The molecule has 1 N–H and O–H groups in total. The van der Waals surface area contributed by atoms with Gasteiger partial charge in [-0.3, -0.25) is 4.79 Å². The molecule has 0 aromatic heterocycles. The first-order chi connectivity index (χ1) is 13.5. The van der Waals surface area contributed by atoms with Gasteiger partial charge in [-0.2, -0.15) is 4.31 Å². The summed E-state index contributed by atoms with van der Waals surface area (Å²) in [6, 6.07) is 17.1. The highest BCUT2D eigenvalue weighted by atomic mass is 32.2. The van der Waals surface area contributed by atoms with Crippen LogP contribution < -0.4 is 5.32 Å². The Morgan fingerprint density at radius 3 is 2.32 bits per heavy atom. The number of nitrogens with zero attached hydrogens (tertiary/aromatic N) is 1. The minimum absolute atomic E-state index is 0.0421. The van der Waals surface area contributed by atoms with Crippen LogP contribution in [0.2, 0.25) is 0 Å². The highest BCUT2D eigenvalue weighted by Crippen LogP contribution is 2.24. The van der Waals surface area contributed by atoms with Crippen molar-refractivity contribution >= 4 is 15.9 Å². The fourth-order valence-corrected chi connectivity index (χ4v) is 4.98. The standard InChI is InChI=1S/C22H28N2O3S/c1-18-9-11-21(12-10-18)28(26,27)24-16-13-20(14-17-24)22(25)23-15-5-8-19-6-3-2-4-7-19/h2-4,6-7,9-12,20H,5,8,13-17H2,1H3,(H,23,25). The van der Waals surface area contributed by atoms with Crippen LogP contribution in [0.25, 0.3) is 0 Å². The second kappa shape index (κ2) is 9.34. The van der Waals surface area contributed by atoms with Gasteiger partial charge in [0.05, 0.1) is 4.90 Å². The van der Waals surface area contributed by atoms with E-state index in [-0.39, 0.29) is 11.8 Å². The number of sulfonamides is 1. The smallest absolute Gasteiger partial charge is 0.243 e. The molecular formula is C22H28N2O3S. The molecule has 1 aliphatic rings. The Bertz CT molecular complexity index is 872. The number of nitrogens with one attached hydrogen (secondary N) is 1. The zero-order chi connectivity index (χ0) is 20.0. The molecule has 1 fully saturated rings.